The third-order valence-corrected chi connectivity index (χ3v) is 3.00. The van der Waals surface area contributed by atoms with E-state index in [9.17, 15) is 8.78 Å². The highest BCUT2D eigenvalue weighted by molar-refractivity contribution is 5.80. The Labute approximate surface area is 108 Å². The lowest BCUT2D eigenvalue weighted by Crippen LogP contribution is -2.06. The molecule has 3 nitrogen and oxygen atoms in total. The zero-order valence-corrected chi connectivity index (χ0v) is 9.98. The molecule has 2 aromatic carbocycles. The molecule has 0 amide bonds. The van der Waals surface area contributed by atoms with Crippen molar-refractivity contribution in [3.63, 3.8) is 0 Å². The molecule has 0 aliphatic heterocycles. The minimum absolute atomic E-state index is 0.0912. The van der Waals surface area contributed by atoms with Gasteiger partial charge >= 0.3 is 0 Å². The average Bonchev–Trinajstić information content (AvgIpc) is 2.82. The molecule has 2 N–H and O–H groups in total. The van der Waals surface area contributed by atoms with Crippen LogP contribution in [0.3, 0.4) is 0 Å². The first-order valence-electron chi connectivity index (χ1n) is 5.82. The molecule has 1 heterocycles. The Morgan fingerprint density at radius 3 is 2.47 bits per heavy atom. The Bertz CT molecular complexity index is 726. The molecule has 0 radical (unpaired) electrons. The molecule has 0 aliphatic rings. The first-order chi connectivity index (χ1) is 9.20. The molecule has 0 bridgehead atoms. The van der Waals surface area contributed by atoms with Gasteiger partial charge in [-0.1, -0.05) is 18.2 Å². The van der Waals surface area contributed by atoms with E-state index in [-0.39, 0.29) is 12.2 Å². The van der Waals surface area contributed by atoms with Crippen LogP contribution in [0.15, 0.2) is 42.6 Å². The lowest BCUT2D eigenvalue weighted by atomic mass is 10.2. The molecule has 0 saturated carbocycles. The van der Waals surface area contributed by atoms with Gasteiger partial charge in [-0.05, 0) is 23.8 Å². The molecular formula is C14H11F2N3. The number of nitrogens with zero attached hydrogens (tertiary/aromatic N) is 2. The van der Waals surface area contributed by atoms with Crippen LogP contribution in [0.25, 0.3) is 16.6 Å². The van der Waals surface area contributed by atoms with E-state index in [1.807, 2.05) is 12.1 Å². The molecule has 3 rings (SSSR count). The predicted molar refractivity (Wildman–Crippen MR) is 68.9 cm³/mol. The van der Waals surface area contributed by atoms with E-state index >= 15 is 0 Å². The van der Waals surface area contributed by atoms with Gasteiger partial charge in [0.25, 0.3) is 0 Å². The maximum atomic E-state index is 14.0. The zero-order chi connectivity index (χ0) is 13.4. The van der Waals surface area contributed by atoms with Crippen molar-refractivity contribution in [3.8, 4) is 5.69 Å². The molecule has 0 unspecified atom stereocenters. The minimum Gasteiger partial charge on any atom is -0.326 e. The number of hydrogen-bond donors (Lipinski definition) is 1. The summed E-state index contributed by atoms with van der Waals surface area (Å²) in [4.78, 5) is 0. The standard InChI is InChI=1S/C14H11F2N3/c15-11-5-9(7-17)6-12(16)14(11)19-13-4-2-1-3-10(13)8-18-19/h1-6,8H,7,17H2. The van der Waals surface area contributed by atoms with E-state index in [1.54, 1.807) is 18.3 Å². The van der Waals surface area contributed by atoms with Crippen LogP contribution in [0.2, 0.25) is 0 Å². The van der Waals surface area contributed by atoms with Gasteiger partial charge in [-0.25, -0.2) is 13.5 Å². The van der Waals surface area contributed by atoms with Crippen molar-refractivity contribution >= 4 is 10.9 Å². The first-order valence-corrected chi connectivity index (χ1v) is 5.82. The highest BCUT2D eigenvalue weighted by Crippen LogP contribution is 2.23. The summed E-state index contributed by atoms with van der Waals surface area (Å²) in [7, 11) is 0. The van der Waals surface area contributed by atoms with Crippen molar-refractivity contribution < 1.29 is 8.78 Å². The Morgan fingerprint density at radius 1 is 1.11 bits per heavy atom. The Balaban J connectivity index is 2.27. The monoisotopic (exact) mass is 259 g/mol. The molecular weight excluding hydrogens is 248 g/mol. The van der Waals surface area contributed by atoms with Gasteiger partial charge in [0.2, 0.25) is 0 Å². The fraction of sp³-hybridized carbons (Fsp3) is 0.0714. The molecule has 5 heteroatoms. The highest BCUT2D eigenvalue weighted by Gasteiger charge is 2.15. The number of hydrogen-bond acceptors (Lipinski definition) is 2. The van der Waals surface area contributed by atoms with E-state index in [2.05, 4.69) is 5.10 Å². The minimum atomic E-state index is -0.672. The third kappa shape index (κ3) is 1.88. The van der Waals surface area contributed by atoms with Crippen LogP contribution in [0.4, 0.5) is 8.78 Å². The SMILES string of the molecule is NCc1cc(F)c(-n2ncc3ccccc32)c(F)c1. The molecule has 0 fully saturated rings. The number of nitrogens with two attached hydrogens (primary N) is 1. The van der Waals surface area contributed by atoms with Gasteiger partial charge in [-0.3, -0.25) is 0 Å². The normalized spacial score (nSPS) is 11.1. The molecule has 0 saturated heterocycles. The van der Waals surface area contributed by atoms with Crippen molar-refractivity contribution in [2.24, 2.45) is 5.73 Å². The van der Waals surface area contributed by atoms with Crippen molar-refractivity contribution in [1.82, 2.24) is 9.78 Å². The van der Waals surface area contributed by atoms with Crippen LogP contribution in [-0.2, 0) is 6.54 Å². The van der Waals surface area contributed by atoms with Crippen molar-refractivity contribution in [2.75, 3.05) is 0 Å². The fourth-order valence-corrected chi connectivity index (χ4v) is 2.09. The van der Waals surface area contributed by atoms with Crippen LogP contribution in [0, 0.1) is 11.6 Å². The fourth-order valence-electron chi connectivity index (χ4n) is 2.09. The molecule has 0 atom stereocenters. The summed E-state index contributed by atoms with van der Waals surface area (Å²) < 4.78 is 29.3. The number of rotatable bonds is 2. The first kappa shape index (κ1) is 11.8. The van der Waals surface area contributed by atoms with E-state index in [1.165, 1.54) is 16.8 Å². The van der Waals surface area contributed by atoms with E-state index in [4.69, 9.17) is 5.73 Å². The zero-order valence-electron chi connectivity index (χ0n) is 9.98. The van der Waals surface area contributed by atoms with Gasteiger partial charge in [-0.2, -0.15) is 5.10 Å². The van der Waals surface area contributed by atoms with Crippen LogP contribution in [0.1, 0.15) is 5.56 Å². The summed E-state index contributed by atoms with van der Waals surface area (Å²) in [5, 5.41) is 4.87. The second-order valence-electron chi connectivity index (χ2n) is 4.23. The largest absolute Gasteiger partial charge is 0.326 e. The number of fused-ring (bicyclic) bond motifs is 1. The van der Waals surface area contributed by atoms with Gasteiger partial charge in [-0.15, -0.1) is 0 Å². The smallest absolute Gasteiger partial charge is 0.152 e. The average molecular weight is 259 g/mol. The van der Waals surface area contributed by atoms with Gasteiger partial charge in [0.05, 0.1) is 11.7 Å². The van der Waals surface area contributed by atoms with Crippen LogP contribution < -0.4 is 5.73 Å². The third-order valence-electron chi connectivity index (χ3n) is 3.00. The molecule has 0 spiro atoms. The molecule has 96 valence electrons. The van der Waals surface area contributed by atoms with Crippen molar-refractivity contribution in [2.45, 2.75) is 6.54 Å². The number of benzene rings is 2. The molecule has 3 aromatic rings. The summed E-state index contributed by atoms with van der Waals surface area (Å²) in [5.41, 5.74) is 6.27. The van der Waals surface area contributed by atoms with E-state index < -0.39 is 11.6 Å². The van der Waals surface area contributed by atoms with Crippen LogP contribution in [-0.4, -0.2) is 9.78 Å². The van der Waals surface area contributed by atoms with Crippen LogP contribution in [0.5, 0.6) is 0 Å². The quantitative estimate of drug-likeness (QED) is 0.769. The predicted octanol–water partition coefficient (Wildman–Crippen LogP) is 2.76. The second kappa shape index (κ2) is 4.44. The summed E-state index contributed by atoms with van der Waals surface area (Å²) in [6.45, 7) is 0.0912. The molecule has 0 aliphatic carbocycles. The summed E-state index contributed by atoms with van der Waals surface area (Å²) >= 11 is 0. The summed E-state index contributed by atoms with van der Waals surface area (Å²) in [6, 6.07) is 9.70. The number of para-hydroxylation sites is 1. The van der Waals surface area contributed by atoms with Gasteiger partial charge in [0, 0.05) is 11.9 Å². The number of aromatic nitrogens is 2. The van der Waals surface area contributed by atoms with Gasteiger partial charge < -0.3 is 5.73 Å². The van der Waals surface area contributed by atoms with E-state index in [0.717, 1.165) is 5.39 Å². The van der Waals surface area contributed by atoms with Crippen molar-refractivity contribution in [1.29, 1.82) is 0 Å². The van der Waals surface area contributed by atoms with E-state index in [0.29, 0.717) is 11.1 Å². The number of halogens is 2. The lowest BCUT2D eigenvalue weighted by Gasteiger charge is -2.08. The Morgan fingerprint density at radius 2 is 1.79 bits per heavy atom. The van der Waals surface area contributed by atoms with Crippen LogP contribution >= 0.6 is 0 Å². The second-order valence-corrected chi connectivity index (χ2v) is 4.23. The molecule has 19 heavy (non-hydrogen) atoms. The Hall–Kier alpha value is -2.27. The van der Waals surface area contributed by atoms with Gasteiger partial charge in [0.15, 0.2) is 11.6 Å². The topological polar surface area (TPSA) is 43.8 Å². The summed E-state index contributed by atoms with van der Waals surface area (Å²) in [6.07, 6.45) is 1.57. The maximum absolute atomic E-state index is 14.0. The highest BCUT2D eigenvalue weighted by atomic mass is 19.1. The maximum Gasteiger partial charge on any atom is 0.152 e. The van der Waals surface area contributed by atoms with Gasteiger partial charge in [0.1, 0.15) is 5.69 Å². The summed E-state index contributed by atoms with van der Waals surface area (Å²) in [5.74, 6) is -1.34. The van der Waals surface area contributed by atoms with Crippen molar-refractivity contribution in [3.05, 3.63) is 59.8 Å². The lowest BCUT2D eigenvalue weighted by molar-refractivity contribution is 0.560. The Kier molecular flexibility index (Phi) is 2.76. The molecule has 1 aromatic heterocycles.